The first-order valence-electron chi connectivity index (χ1n) is 6.20. The number of halogens is 1. The first kappa shape index (κ1) is 17.0. The van der Waals surface area contributed by atoms with Gasteiger partial charge in [0.2, 0.25) is 5.78 Å². The highest BCUT2D eigenvalue weighted by molar-refractivity contribution is 6.63. The largest absolute Gasteiger partial charge is 0.457 e. The summed E-state index contributed by atoms with van der Waals surface area (Å²) >= 11 is 0. The van der Waals surface area contributed by atoms with Crippen LogP contribution in [0.3, 0.4) is 0 Å². The topological polar surface area (TPSA) is 96.8 Å². The molecule has 0 bridgehead atoms. The monoisotopic (exact) mass is 302 g/mol. The zero-order valence-electron chi connectivity index (χ0n) is 11.6. The predicted molar refractivity (Wildman–Crippen MR) is 73.2 cm³/mol. The average molecular weight is 302 g/mol. The molecule has 7 heteroatoms. The molecule has 6 nitrogen and oxygen atoms in total. The van der Waals surface area contributed by atoms with E-state index in [1.165, 1.54) is 31.2 Å². The highest BCUT2D eigenvalue weighted by atomic mass is 19.1. The maximum atomic E-state index is 12.7. The fourth-order valence-electron chi connectivity index (χ4n) is 1.36. The van der Waals surface area contributed by atoms with E-state index < -0.39 is 35.5 Å². The van der Waals surface area contributed by atoms with E-state index in [0.29, 0.717) is 5.56 Å². The Morgan fingerprint density at radius 2 is 1.91 bits per heavy atom. The first-order valence-corrected chi connectivity index (χ1v) is 6.20. The van der Waals surface area contributed by atoms with Crippen molar-refractivity contribution in [2.75, 3.05) is 6.61 Å². The molecule has 1 rings (SSSR count). The lowest BCUT2D eigenvalue weighted by Gasteiger charge is -1.95. The van der Waals surface area contributed by atoms with Crippen LogP contribution in [-0.2, 0) is 19.1 Å². The van der Waals surface area contributed by atoms with Gasteiger partial charge in [-0.25, -0.2) is 9.18 Å². The van der Waals surface area contributed by atoms with Gasteiger partial charge in [0.15, 0.2) is 0 Å². The molecule has 0 heterocycles. The molecule has 112 valence electrons. The number of hydrogen-bond donors (Lipinski definition) is 0. The second-order valence-corrected chi connectivity index (χ2v) is 3.95. The van der Waals surface area contributed by atoms with E-state index in [1.807, 2.05) is 0 Å². The first-order chi connectivity index (χ1) is 10.5. The molecule has 0 radical (unpaired) electrons. The Morgan fingerprint density at radius 3 is 2.45 bits per heavy atom. The second-order valence-electron chi connectivity index (χ2n) is 3.95. The zero-order valence-corrected chi connectivity index (χ0v) is 11.6. The minimum atomic E-state index is -1.12. The van der Waals surface area contributed by atoms with Gasteiger partial charge in [0.05, 0.1) is 13.0 Å². The summed E-state index contributed by atoms with van der Waals surface area (Å²) in [5.74, 6) is 1.30. The van der Waals surface area contributed by atoms with Crippen LogP contribution < -0.4 is 0 Å². The van der Waals surface area contributed by atoms with Crippen molar-refractivity contribution >= 4 is 23.2 Å². The number of esters is 1. The molecular formula is C15H11FN2O4. The summed E-state index contributed by atoms with van der Waals surface area (Å²) in [6.07, 6.45) is -0.730. The number of ketones is 2. The van der Waals surface area contributed by atoms with Crippen molar-refractivity contribution in [1.29, 1.82) is 0 Å². The van der Waals surface area contributed by atoms with Crippen molar-refractivity contribution in [1.82, 2.24) is 0 Å². The molecule has 0 aliphatic rings. The minimum absolute atomic E-state index is 0.0105. The number of nitrogens with zero attached hydrogens (tertiary/aromatic N) is 2. The zero-order chi connectivity index (χ0) is 16.5. The Balaban J connectivity index is 2.73. The van der Waals surface area contributed by atoms with Crippen LogP contribution in [0, 0.1) is 17.7 Å². The van der Waals surface area contributed by atoms with Crippen LogP contribution in [0.25, 0.3) is 5.53 Å². The molecule has 22 heavy (non-hydrogen) atoms. The van der Waals surface area contributed by atoms with E-state index in [-0.39, 0.29) is 6.61 Å². The molecule has 1 aromatic rings. The molecule has 0 unspecified atom stereocenters. The summed E-state index contributed by atoms with van der Waals surface area (Å²) < 4.78 is 17.2. The van der Waals surface area contributed by atoms with Crippen molar-refractivity contribution in [2.24, 2.45) is 0 Å². The Kier molecular flexibility index (Phi) is 6.35. The number of carbonyl (C=O) groups excluding carboxylic acids is 3. The van der Waals surface area contributed by atoms with Crippen molar-refractivity contribution in [3.63, 3.8) is 0 Å². The molecule has 0 saturated heterocycles. The van der Waals surface area contributed by atoms with Gasteiger partial charge in [0, 0.05) is 5.56 Å². The van der Waals surface area contributed by atoms with Crippen LogP contribution in [-0.4, -0.2) is 34.6 Å². The molecule has 0 aliphatic carbocycles. The third-order valence-corrected chi connectivity index (χ3v) is 2.34. The number of carbonyl (C=O) groups is 3. The fraction of sp³-hybridized carbons (Fsp3) is 0.200. The Morgan fingerprint density at radius 1 is 1.27 bits per heavy atom. The number of rotatable bonds is 5. The number of Topliss-reactive ketones (excluding diaryl/α,β-unsaturated/α-hetero) is 2. The molecule has 0 atom stereocenters. The fourth-order valence-corrected chi connectivity index (χ4v) is 1.36. The standard InChI is InChI=1S/C15H11FN2O4/c1-2-22-15(21)14(18-17)13(20)9-12(19)8-5-10-3-6-11(16)7-4-10/h3-4,6-7H,2,9H2,1H3. The maximum Gasteiger partial charge on any atom is 0.441 e. The smallest absolute Gasteiger partial charge is 0.441 e. The third kappa shape index (κ3) is 5.12. The molecule has 0 saturated carbocycles. The normalized spacial score (nSPS) is 9.00. The number of hydrogen-bond acceptors (Lipinski definition) is 4. The van der Waals surface area contributed by atoms with Gasteiger partial charge in [0.25, 0.3) is 5.78 Å². The lowest BCUT2D eigenvalue weighted by atomic mass is 10.1. The van der Waals surface area contributed by atoms with Gasteiger partial charge in [-0.1, -0.05) is 5.92 Å². The van der Waals surface area contributed by atoms with Gasteiger partial charge in [-0.05, 0) is 37.1 Å². The van der Waals surface area contributed by atoms with Crippen LogP contribution in [0.4, 0.5) is 4.39 Å². The molecular weight excluding hydrogens is 291 g/mol. The average Bonchev–Trinajstić information content (AvgIpc) is 2.47. The third-order valence-electron chi connectivity index (χ3n) is 2.34. The summed E-state index contributed by atoms with van der Waals surface area (Å²) in [6, 6.07) is 5.10. The van der Waals surface area contributed by atoms with E-state index in [0.717, 1.165) is 0 Å². The Hall–Kier alpha value is -3.10. The molecule has 0 aliphatic heterocycles. The van der Waals surface area contributed by atoms with Crippen molar-refractivity contribution in [3.8, 4) is 11.8 Å². The molecule has 0 fully saturated rings. The van der Waals surface area contributed by atoms with Crippen LogP contribution in [0.1, 0.15) is 18.9 Å². The van der Waals surface area contributed by atoms with Crippen LogP contribution in [0.2, 0.25) is 0 Å². The summed E-state index contributed by atoms with van der Waals surface area (Å²) in [7, 11) is 0. The van der Waals surface area contributed by atoms with Crippen molar-refractivity contribution in [2.45, 2.75) is 13.3 Å². The molecule has 0 aromatic heterocycles. The Bertz CT molecular complexity index is 707. The molecule has 0 amide bonds. The summed E-state index contributed by atoms with van der Waals surface area (Å²) in [4.78, 5) is 37.0. The van der Waals surface area contributed by atoms with Gasteiger partial charge in [-0.3, -0.25) is 9.59 Å². The van der Waals surface area contributed by atoms with Crippen LogP contribution in [0.15, 0.2) is 24.3 Å². The van der Waals surface area contributed by atoms with Gasteiger partial charge in [0.1, 0.15) is 5.82 Å². The van der Waals surface area contributed by atoms with Crippen molar-refractivity contribution < 1.29 is 28.3 Å². The quantitative estimate of drug-likeness (QED) is 0.202. The van der Waals surface area contributed by atoms with E-state index in [2.05, 4.69) is 21.4 Å². The highest BCUT2D eigenvalue weighted by Crippen LogP contribution is 2.00. The Labute approximate surface area is 125 Å². The number of ether oxygens (including phenoxy) is 1. The molecule has 1 aromatic carbocycles. The van der Waals surface area contributed by atoms with Gasteiger partial charge >= 0.3 is 11.7 Å². The van der Waals surface area contributed by atoms with E-state index in [1.54, 1.807) is 0 Å². The summed E-state index contributed by atoms with van der Waals surface area (Å²) in [5.41, 5.74) is 8.15. The number of benzene rings is 1. The summed E-state index contributed by atoms with van der Waals surface area (Å²) in [6.45, 7) is 1.50. The SMILES string of the molecule is CCOC(=O)C(=[N+]=[N-])C(=O)CC(=O)C#Cc1ccc(F)cc1. The van der Waals surface area contributed by atoms with Crippen molar-refractivity contribution in [3.05, 3.63) is 41.2 Å². The maximum absolute atomic E-state index is 12.7. The van der Waals surface area contributed by atoms with Crippen LogP contribution >= 0.6 is 0 Å². The van der Waals surface area contributed by atoms with E-state index in [4.69, 9.17) is 5.53 Å². The minimum Gasteiger partial charge on any atom is -0.457 e. The van der Waals surface area contributed by atoms with Gasteiger partial charge < -0.3 is 10.3 Å². The van der Waals surface area contributed by atoms with E-state index >= 15 is 0 Å². The lowest BCUT2D eigenvalue weighted by molar-refractivity contribution is -0.141. The molecule has 0 N–H and O–H groups in total. The second kappa shape index (κ2) is 8.25. The predicted octanol–water partition coefficient (Wildman–Crippen LogP) is 0.939. The van der Waals surface area contributed by atoms with Gasteiger partial charge in [-0.2, -0.15) is 4.79 Å². The van der Waals surface area contributed by atoms with E-state index in [9.17, 15) is 18.8 Å². The summed E-state index contributed by atoms with van der Waals surface area (Å²) in [5, 5.41) is 0. The van der Waals surface area contributed by atoms with Crippen LogP contribution in [0.5, 0.6) is 0 Å². The van der Waals surface area contributed by atoms with Gasteiger partial charge in [-0.15, -0.1) is 0 Å². The highest BCUT2D eigenvalue weighted by Gasteiger charge is 2.31. The lowest BCUT2D eigenvalue weighted by Crippen LogP contribution is -2.28. The molecule has 0 spiro atoms.